The van der Waals surface area contributed by atoms with E-state index in [0.29, 0.717) is 114 Å². The molecule has 0 amide bonds. The van der Waals surface area contributed by atoms with E-state index in [4.69, 9.17) is 22.4 Å². The molecular weight excluding hydrogens is 1570 g/mol. The van der Waals surface area contributed by atoms with Crippen LogP contribution >= 0.6 is 0 Å². The molecule has 26 nitrogen and oxygen atoms in total. The summed E-state index contributed by atoms with van der Waals surface area (Å²) in [4.78, 5) is 89.3. The number of hydrogen-bond donors (Lipinski definition) is 3. The summed E-state index contributed by atoms with van der Waals surface area (Å²) in [6, 6.07) is 32.5. The Kier molecular flexibility index (Phi) is 25.5. The molecule has 0 spiro atoms. The molecule has 124 heavy (non-hydrogen) atoms. The molecule has 4 aromatic carbocycles. The van der Waals surface area contributed by atoms with Gasteiger partial charge in [-0.2, -0.15) is 0 Å². The quantitative estimate of drug-likeness (QED) is 0.0500. The van der Waals surface area contributed by atoms with Crippen LogP contribution in [0.1, 0.15) is 135 Å². The van der Waals surface area contributed by atoms with Crippen molar-refractivity contribution in [1.82, 2.24) is 72.5 Å². The van der Waals surface area contributed by atoms with Crippen molar-refractivity contribution in [2.45, 2.75) is 145 Å². The maximum absolute atomic E-state index is 14.4. The Hall–Kier alpha value is -12.2. The van der Waals surface area contributed by atoms with Gasteiger partial charge in [0.1, 0.15) is 34.2 Å². The van der Waals surface area contributed by atoms with Gasteiger partial charge < -0.3 is 65.3 Å². The van der Waals surface area contributed by atoms with Gasteiger partial charge in [-0.1, -0.05) is 64.1 Å². The van der Waals surface area contributed by atoms with Gasteiger partial charge in [0.2, 0.25) is 0 Å². The zero-order valence-electron chi connectivity index (χ0n) is 72.1. The molecule has 12 aromatic heterocycles. The Morgan fingerprint density at radius 3 is 1.42 bits per heavy atom. The third-order valence-electron chi connectivity index (χ3n) is 23.7. The number of pyridine rings is 1. The summed E-state index contributed by atoms with van der Waals surface area (Å²) in [5.74, 6) is 2.62. The zero-order chi connectivity index (χ0) is 86.7. The number of hydrogen-bond acceptors (Lipinski definition) is 22. The number of imidazole rings is 4. The zero-order valence-corrected chi connectivity index (χ0v) is 72.1. The standard InChI is InChI=1S/C26H30N4O2.C25H28N4O5.C25H28N4O2.C21H20FN3O2/c1-16(2)13-29-9-7-19(8-10-29)20-5-6-21-11-22(26(31)32-24(21)12-20)23-15-30-14-17(3)27-18(4)25(30)28-23;1-15-11-29-12-22(27-24(29)16(2)26-15)21-9-17-3-4-20(10-23(17)34-25(21)32)33-19-5-7-28(8-6-19)18(13-30)14-31;1-16(2)13-28-8-6-18(7-9-28)19-4-5-20-10-21(25(30)31-23(20)11-19)22-15-29-14-17(3)26-12-24(29)27-22;1-13-11-25-12-16(10-18(22)20(25)24-13)17-9-15-6-5-14(4-3-7-23-2)8-19(15)27-21(17)26/h5-6,11-12,14-16,19H,7-10,13H2,1-4H3;3-4,9-12,18-19,30-31H,5-8,13-14H2,1-2H3;4-5,10-12,14-16,18H,6-9,13H2,1-3H3;5-6,8-12,23H,3-4,7H2,1-2H3. The van der Waals surface area contributed by atoms with Crippen molar-refractivity contribution in [3.05, 3.63) is 257 Å². The van der Waals surface area contributed by atoms with Crippen molar-refractivity contribution in [3.8, 4) is 50.6 Å². The molecule has 3 N–H and O–H groups in total. The second-order valence-corrected chi connectivity index (χ2v) is 34.2. The van der Waals surface area contributed by atoms with Crippen LogP contribution in [0, 0.1) is 59.2 Å². The SMILES string of the molecule is CNCCCc1ccc2cc(-c3cc(F)c4nc(C)cn4c3)c(=O)oc2c1.Cc1cn2cc(-c3cc4ccc(C5CCN(CC(C)C)CC5)cc4oc3=O)nc2c(C)n1.Cc1cn2cc(-c3cc4ccc(C5CCN(CC(C)C)CC5)cc4oc3=O)nc2cn1.Cc1cn2cc(-c3cc4ccc(OC5CCN(C(CO)CO)CC5)cc4oc3=O)nc2c(C)n1. The lowest BCUT2D eigenvalue weighted by Gasteiger charge is -2.36. The van der Waals surface area contributed by atoms with E-state index in [0.717, 1.165) is 158 Å². The predicted octanol–water partition coefficient (Wildman–Crippen LogP) is 15.6. The van der Waals surface area contributed by atoms with Gasteiger partial charge in [0.05, 0.1) is 99.0 Å². The van der Waals surface area contributed by atoms with Gasteiger partial charge in [-0.05, 0) is 234 Å². The van der Waals surface area contributed by atoms with Crippen LogP contribution in [0.2, 0.25) is 0 Å². The van der Waals surface area contributed by atoms with Crippen molar-refractivity contribution in [2.24, 2.45) is 11.8 Å². The highest BCUT2D eigenvalue weighted by Gasteiger charge is 2.29. The van der Waals surface area contributed by atoms with E-state index in [9.17, 15) is 33.8 Å². The summed E-state index contributed by atoms with van der Waals surface area (Å²) in [7, 11) is 1.92. The lowest BCUT2D eigenvalue weighted by atomic mass is 9.88. The number of piperidine rings is 3. The molecule has 0 unspecified atom stereocenters. The van der Waals surface area contributed by atoms with Crippen molar-refractivity contribution >= 4 is 66.5 Å². The van der Waals surface area contributed by atoms with E-state index in [2.05, 4.69) is 119 Å². The lowest BCUT2D eigenvalue weighted by molar-refractivity contribution is 0.0287. The highest BCUT2D eigenvalue weighted by atomic mass is 19.1. The first kappa shape index (κ1) is 85.3. The molecule has 3 saturated heterocycles. The second-order valence-electron chi connectivity index (χ2n) is 34.2. The number of aryl methyl sites for hydroxylation is 7. The van der Waals surface area contributed by atoms with Crippen LogP contribution in [0.15, 0.2) is 196 Å². The topological polar surface area (TPSA) is 300 Å². The molecule has 3 aliphatic heterocycles. The van der Waals surface area contributed by atoms with E-state index >= 15 is 0 Å². The van der Waals surface area contributed by atoms with Gasteiger partial charge in [0, 0.05) is 109 Å². The first-order valence-corrected chi connectivity index (χ1v) is 43.0. The van der Waals surface area contributed by atoms with Gasteiger partial charge in [0.15, 0.2) is 28.4 Å². The number of rotatable bonds is 19. The van der Waals surface area contributed by atoms with Crippen LogP contribution in [-0.2, 0) is 6.42 Å². The fraction of sp³-hybridized carbons (Fsp3) is 0.371. The smallest absolute Gasteiger partial charge is 0.345 e. The number of fused-ring (bicyclic) bond motifs is 8. The van der Waals surface area contributed by atoms with Crippen LogP contribution in [0.3, 0.4) is 0 Å². The molecule has 0 atom stereocenters. The van der Waals surface area contributed by atoms with Crippen molar-refractivity contribution < 1.29 is 37.0 Å². The fourth-order valence-corrected chi connectivity index (χ4v) is 17.5. The maximum atomic E-state index is 14.4. The number of nitrogens with one attached hydrogen (secondary N) is 1. The molecule has 27 heteroatoms. The van der Waals surface area contributed by atoms with Crippen molar-refractivity contribution in [1.29, 1.82) is 0 Å². The Morgan fingerprint density at radius 2 is 0.911 bits per heavy atom. The summed E-state index contributed by atoms with van der Waals surface area (Å²) in [5.41, 5.74) is 15.7. The van der Waals surface area contributed by atoms with Crippen LogP contribution < -0.4 is 32.6 Å². The number of likely N-dealkylation sites (tertiary alicyclic amines) is 3. The van der Waals surface area contributed by atoms with Gasteiger partial charge in [0.25, 0.3) is 0 Å². The van der Waals surface area contributed by atoms with E-state index < -0.39 is 17.1 Å². The number of ether oxygens (including phenoxy) is 1. The summed E-state index contributed by atoms with van der Waals surface area (Å²) >= 11 is 0. The third kappa shape index (κ3) is 19.2. The molecular formula is C97H106FN15O11. The number of benzene rings is 4. The third-order valence-corrected chi connectivity index (χ3v) is 23.7. The molecule has 19 rings (SSSR count). The highest BCUT2D eigenvalue weighted by molar-refractivity contribution is 5.86. The Balaban J connectivity index is 0.000000123. The largest absolute Gasteiger partial charge is 0.490 e. The van der Waals surface area contributed by atoms with E-state index in [1.54, 1.807) is 48.1 Å². The molecule has 0 bridgehead atoms. The van der Waals surface area contributed by atoms with Crippen molar-refractivity contribution in [3.63, 3.8) is 0 Å². The molecule has 0 aliphatic carbocycles. The first-order valence-electron chi connectivity index (χ1n) is 43.0. The molecule has 15 heterocycles. The minimum Gasteiger partial charge on any atom is -0.490 e. The normalized spacial score (nSPS) is 14.9. The van der Waals surface area contributed by atoms with Gasteiger partial charge in [-0.25, -0.2) is 43.5 Å². The summed E-state index contributed by atoms with van der Waals surface area (Å²) in [6.07, 6.45) is 24.5. The predicted molar refractivity (Wildman–Crippen MR) is 480 cm³/mol. The van der Waals surface area contributed by atoms with E-state index in [-0.39, 0.29) is 42.3 Å². The van der Waals surface area contributed by atoms with Gasteiger partial charge >= 0.3 is 22.5 Å². The van der Waals surface area contributed by atoms with E-state index in [1.165, 1.54) is 30.3 Å². The number of aliphatic hydroxyl groups excluding tert-OH is 2. The summed E-state index contributed by atoms with van der Waals surface area (Å²) in [5, 5.41) is 25.3. The van der Waals surface area contributed by atoms with Crippen LogP contribution in [-0.4, -0.2) is 169 Å². The summed E-state index contributed by atoms with van der Waals surface area (Å²) in [6.45, 7) is 29.7. The highest BCUT2D eigenvalue weighted by Crippen LogP contribution is 2.36. The molecule has 3 fully saturated rings. The maximum Gasteiger partial charge on any atom is 0.345 e. The second kappa shape index (κ2) is 37.1. The molecule has 0 saturated carbocycles. The minimum absolute atomic E-state index is 0.0241. The molecule has 16 aromatic rings. The van der Waals surface area contributed by atoms with Crippen LogP contribution in [0.5, 0.6) is 5.75 Å². The minimum atomic E-state index is -0.481. The Labute approximate surface area is 715 Å². The van der Waals surface area contributed by atoms with Crippen LogP contribution in [0.4, 0.5) is 4.39 Å². The van der Waals surface area contributed by atoms with Gasteiger partial charge in [-0.3, -0.25) is 19.9 Å². The molecule has 642 valence electrons. The number of aliphatic hydroxyl groups is 2. The summed E-state index contributed by atoms with van der Waals surface area (Å²) < 4.78 is 50.5. The number of halogens is 1. The van der Waals surface area contributed by atoms with E-state index in [1.807, 2.05) is 135 Å². The number of nitrogens with zero attached hydrogens (tertiary/aromatic N) is 14. The monoisotopic (exact) mass is 1680 g/mol. The Morgan fingerprint density at radius 1 is 0.468 bits per heavy atom. The fourth-order valence-electron chi connectivity index (χ4n) is 17.5. The van der Waals surface area contributed by atoms with Gasteiger partial charge in [-0.15, -0.1) is 0 Å². The molecule has 0 radical (unpaired) electrons. The average Bonchev–Trinajstić information content (AvgIpc) is 1.71. The first-order chi connectivity index (χ1) is 59.8. The van der Waals surface area contributed by atoms with Crippen LogP contribution in [0.25, 0.3) is 111 Å². The lowest BCUT2D eigenvalue weighted by Crippen LogP contribution is -2.47. The van der Waals surface area contributed by atoms with Crippen molar-refractivity contribution in [2.75, 3.05) is 79.2 Å². The molecule has 3 aliphatic rings. The average molecular weight is 1680 g/mol. The Bertz CT molecular complexity index is 6850. The number of aromatic nitrogens is 11.